The molecule has 10 heteroatoms. The molecule has 0 aliphatic rings. The van der Waals surface area contributed by atoms with Gasteiger partial charge < -0.3 is 5.32 Å². The zero-order valence-corrected chi connectivity index (χ0v) is 14.0. The molecule has 0 aliphatic heterocycles. The van der Waals surface area contributed by atoms with Crippen molar-refractivity contribution in [3.8, 4) is 0 Å². The largest absolute Gasteiger partial charge is 0.435 e. The molecule has 0 saturated carbocycles. The number of amides is 1. The molecule has 0 saturated heterocycles. The molecule has 2 aromatic heterocycles. The van der Waals surface area contributed by atoms with Crippen molar-refractivity contribution < 1.29 is 18.0 Å². The number of nitrogens with one attached hydrogen (secondary N) is 1. The van der Waals surface area contributed by atoms with Crippen LogP contribution in [0.5, 0.6) is 0 Å². The highest BCUT2D eigenvalue weighted by Crippen LogP contribution is 2.27. The molecular formula is C16H13ClF3N5O. The molecule has 1 amide bonds. The van der Waals surface area contributed by atoms with Crippen molar-refractivity contribution in [3.63, 3.8) is 0 Å². The van der Waals surface area contributed by atoms with Crippen LogP contribution in [0.3, 0.4) is 0 Å². The standard InChI is InChI=1S/C16H13ClF3N5O/c17-12-3-1-2-11(8-12)9-24-7-5-14(23-24)21-15(26)10-25-6-4-13(22-25)16(18,19)20/h1-8H,9-10H2,(H,21,23,26). The second-order valence-electron chi connectivity index (χ2n) is 5.47. The van der Waals surface area contributed by atoms with Crippen molar-refractivity contribution in [2.75, 3.05) is 5.32 Å². The summed E-state index contributed by atoms with van der Waals surface area (Å²) in [5.74, 6) is -0.241. The van der Waals surface area contributed by atoms with E-state index in [-0.39, 0.29) is 6.54 Å². The van der Waals surface area contributed by atoms with Gasteiger partial charge in [0.05, 0.1) is 6.54 Å². The summed E-state index contributed by atoms with van der Waals surface area (Å²) < 4.78 is 40.0. The lowest BCUT2D eigenvalue weighted by Gasteiger charge is -2.04. The van der Waals surface area contributed by atoms with Crippen LogP contribution in [0.1, 0.15) is 11.3 Å². The fourth-order valence-electron chi connectivity index (χ4n) is 2.27. The monoisotopic (exact) mass is 383 g/mol. The topological polar surface area (TPSA) is 64.7 Å². The summed E-state index contributed by atoms with van der Waals surface area (Å²) in [4.78, 5) is 11.9. The van der Waals surface area contributed by atoms with Crippen LogP contribution < -0.4 is 5.32 Å². The van der Waals surface area contributed by atoms with E-state index in [0.717, 1.165) is 22.5 Å². The Morgan fingerprint density at radius 2 is 1.88 bits per heavy atom. The number of alkyl halides is 3. The van der Waals surface area contributed by atoms with Gasteiger partial charge in [-0.2, -0.15) is 23.4 Å². The van der Waals surface area contributed by atoms with E-state index in [4.69, 9.17) is 11.6 Å². The normalized spacial score (nSPS) is 11.5. The minimum absolute atomic E-state index is 0.292. The average molecular weight is 384 g/mol. The number of hydrogen-bond acceptors (Lipinski definition) is 3. The Labute approximate surface area is 151 Å². The average Bonchev–Trinajstić information content (AvgIpc) is 3.16. The summed E-state index contributed by atoms with van der Waals surface area (Å²) in [6.07, 6.45) is -1.77. The molecule has 136 valence electrons. The van der Waals surface area contributed by atoms with Crippen molar-refractivity contribution in [2.24, 2.45) is 0 Å². The van der Waals surface area contributed by atoms with Crippen LogP contribution in [0.4, 0.5) is 19.0 Å². The fraction of sp³-hybridized carbons (Fsp3) is 0.188. The van der Waals surface area contributed by atoms with Gasteiger partial charge in [-0.25, -0.2) is 0 Å². The first kappa shape index (κ1) is 18.0. The number of rotatable bonds is 5. The number of nitrogens with zero attached hydrogens (tertiary/aromatic N) is 4. The molecule has 0 unspecified atom stereocenters. The Morgan fingerprint density at radius 1 is 1.12 bits per heavy atom. The lowest BCUT2D eigenvalue weighted by atomic mass is 10.2. The van der Waals surface area contributed by atoms with E-state index in [1.807, 2.05) is 12.1 Å². The molecule has 1 N–H and O–H groups in total. The molecule has 0 aliphatic carbocycles. The summed E-state index contributed by atoms with van der Waals surface area (Å²) in [7, 11) is 0. The van der Waals surface area contributed by atoms with Gasteiger partial charge >= 0.3 is 6.18 Å². The molecule has 6 nitrogen and oxygen atoms in total. The Bertz CT molecular complexity index is 919. The second kappa shape index (κ2) is 7.20. The predicted molar refractivity (Wildman–Crippen MR) is 88.6 cm³/mol. The van der Waals surface area contributed by atoms with Crippen molar-refractivity contribution in [2.45, 2.75) is 19.3 Å². The van der Waals surface area contributed by atoms with Gasteiger partial charge in [-0.15, -0.1) is 0 Å². The summed E-state index contributed by atoms with van der Waals surface area (Å²) in [6, 6.07) is 9.68. The number of hydrogen-bond donors (Lipinski definition) is 1. The number of anilines is 1. The third kappa shape index (κ3) is 4.63. The molecule has 3 rings (SSSR count). The van der Waals surface area contributed by atoms with Gasteiger partial charge in [0.25, 0.3) is 0 Å². The van der Waals surface area contributed by atoms with Gasteiger partial charge in [-0.3, -0.25) is 14.2 Å². The minimum Gasteiger partial charge on any atom is -0.308 e. The lowest BCUT2D eigenvalue weighted by Crippen LogP contribution is -2.20. The van der Waals surface area contributed by atoms with Crippen LogP contribution >= 0.6 is 11.6 Å². The summed E-state index contributed by atoms with van der Waals surface area (Å²) in [5.41, 5.74) is -0.106. The van der Waals surface area contributed by atoms with E-state index in [1.54, 1.807) is 29.1 Å². The quantitative estimate of drug-likeness (QED) is 0.734. The highest BCUT2D eigenvalue weighted by Gasteiger charge is 2.33. The Kier molecular flexibility index (Phi) is 4.99. The maximum absolute atomic E-state index is 12.5. The van der Waals surface area contributed by atoms with Crippen molar-refractivity contribution in [1.29, 1.82) is 0 Å². The van der Waals surface area contributed by atoms with Gasteiger partial charge in [-0.1, -0.05) is 23.7 Å². The van der Waals surface area contributed by atoms with Gasteiger partial charge in [0, 0.05) is 23.5 Å². The number of carbonyl (C=O) groups is 1. The van der Waals surface area contributed by atoms with Gasteiger partial charge in [-0.05, 0) is 23.8 Å². The summed E-state index contributed by atoms with van der Waals surface area (Å²) in [5, 5.41) is 10.6. The first-order valence-electron chi connectivity index (χ1n) is 7.48. The molecule has 26 heavy (non-hydrogen) atoms. The van der Waals surface area contributed by atoms with Crippen molar-refractivity contribution in [1.82, 2.24) is 19.6 Å². The maximum Gasteiger partial charge on any atom is 0.435 e. The van der Waals surface area contributed by atoms with E-state index in [9.17, 15) is 18.0 Å². The summed E-state index contributed by atoms with van der Waals surface area (Å²) >= 11 is 5.93. The van der Waals surface area contributed by atoms with Crippen LogP contribution in [0.25, 0.3) is 0 Å². The SMILES string of the molecule is O=C(Cn1ccc(C(F)(F)F)n1)Nc1ccn(Cc2cccc(Cl)c2)n1. The molecule has 0 bridgehead atoms. The van der Waals surface area contributed by atoms with E-state index in [2.05, 4.69) is 15.5 Å². The van der Waals surface area contributed by atoms with Crippen molar-refractivity contribution in [3.05, 3.63) is 65.1 Å². The number of carbonyl (C=O) groups excluding carboxylic acids is 1. The van der Waals surface area contributed by atoms with Gasteiger partial charge in [0.2, 0.25) is 5.91 Å². The van der Waals surface area contributed by atoms with Crippen LogP contribution in [0.15, 0.2) is 48.8 Å². The first-order chi connectivity index (χ1) is 12.3. The Hall–Kier alpha value is -2.81. The zero-order chi connectivity index (χ0) is 18.7. The van der Waals surface area contributed by atoms with Crippen LogP contribution in [-0.4, -0.2) is 25.5 Å². The highest BCUT2D eigenvalue weighted by molar-refractivity contribution is 6.30. The van der Waals surface area contributed by atoms with Crippen molar-refractivity contribution >= 4 is 23.3 Å². The number of halogens is 4. The third-order valence-corrected chi connectivity index (χ3v) is 3.61. The molecule has 3 aromatic rings. The molecule has 0 fully saturated rings. The Morgan fingerprint density at radius 3 is 2.58 bits per heavy atom. The maximum atomic E-state index is 12.5. The smallest absolute Gasteiger partial charge is 0.308 e. The molecular weight excluding hydrogens is 371 g/mol. The van der Waals surface area contributed by atoms with Crippen LogP contribution in [0, 0.1) is 0 Å². The minimum atomic E-state index is -4.54. The first-order valence-corrected chi connectivity index (χ1v) is 7.86. The molecule has 0 spiro atoms. The molecule has 1 aromatic carbocycles. The molecule has 2 heterocycles. The second-order valence-corrected chi connectivity index (χ2v) is 5.91. The van der Waals surface area contributed by atoms with Gasteiger partial charge in [0.1, 0.15) is 6.54 Å². The van der Waals surface area contributed by atoms with E-state index in [0.29, 0.717) is 17.4 Å². The molecule has 0 atom stereocenters. The third-order valence-electron chi connectivity index (χ3n) is 3.38. The predicted octanol–water partition coefficient (Wildman–Crippen LogP) is 3.44. The Balaban J connectivity index is 1.58. The molecule has 0 radical (unpaired) electrons. The van der Waals surface area contributed by atoms with Crippen LogP contribution in [0.2, 0.25) is 5.02 Å². The zero-order valence-electron chi connectivity index (χ0n) is 13.2. The number of benzene rings is 1. The van der Waals surface area contributed by atoms with E-state index < -0.39 is 17.8 Å². The lowest BCUT2D eigenvalue weighted by molar-refractivity contribution is -0.141. The summed E-state index contributed by atoms with van der Waals surface area (Å²) in [6.45, 7) is 0.113. The van der Waals surface area contributed by atoms with E-state index >= 15 is 0 Å². The highest BCUT2D eigenvalue weighted by atomic mass is 35.5. The van der Waals surface area contributed by atoms with E-state index in [1.165, 1.54) is 0 Å². The van der Waals surface area contributed by atoms with Crippen LogP contribution in [-0.2, 0) is 24.1 Å². The fourth-order valence-corrected chi connectivity index (χ4v) is 2.48. The number of aromatic nitrogens is 4. The van der Waals surface area contributed by atoms with Gasteiger partial charge in [0.15, 0.2) is 11.5 Å².